The molecule has 1 aromatic carbocycles. The molecule has 0 radical (unpaired) electrons. The van der Waals surface area contributed by atoms with Crippen molar-refractivity contribution in [1.29, 1.82) is 0 Å². The van der Waals surface area contributed by atoms with E-state index in [0.717, 1.165) is 18.5 Å². The smallest absolute Gasteiger partial charge is 0.275 e. The Labute approximate surface area is 126 Å². The van der Waals surface area contributed by atoms with E-state index in [2.05, 4.69) is 19.2 Å². The summed E-state index contributed by atoms with van der Waals surface area (Å²) in [5.74, 6) is 0.550. The number of anilines is 1. The van der Waals surface area contributed by atoms with E-state index in [9.17, 15) is 10.1 Å². The molecule has 0 amide bonds. The molecule has 0 spiro atoms. The zero-order valence-electron chi connectivity index (χ0n) is 13.2. The molecule has 118 valence electrons. The Bertz CT molecular complexity index is 449. The molecule has 0 bridgehead atoms. The van der Waals surface area contributed by atoms with Gasteiger partial charge < -0.3 is 10.1 Å². The molecule has 1 rings (SSSR count). The highest BCUT2D eigenvalue weighted by Crippen LogP contribution is 2.27. The van der Waals surface area contributed by atoms with Gasteiger partial charge in [0.05, 0.1) is 17.6 Å². The fraction of sp³-hybridized carbons (Fsp3) is 0.625. The minimum atomic E-state index is -0.383. The number of rotatable bonds is 10. The first kappa shape index (κ1) is 17.3. The average molecular weight is 294 g/mol. The van der Waals surface area contributed by atoms with Crippen molar-refractivity contribution in [2.24, 2.45) is 0 Å². The number of nitro benzene ring substituents is 1. The first-order chi connectivity index (χ1) is 10.1. The van der Waals surface area contributed by atoms with Gasteiger partial charge in [-0.05, 0) is 19.8 Å². The van der Waals surface area contributed by atoms with Gasteiger partial charge in [-0.1, -0.05) is 33.1 Å². The van der Waals surface area contributed by atoms with Crippen LogP contribution < -0.4 is 10.1 Å². The minimum Gasteiger partial charge on any atom is -0.493 e. The molecule has 0 heterocycles. The van der Waals surface area contributed by atoms with Gasteiger partial charge in [-0.3, -0.25) is 10.1 Å². The van der Waals surface area contributed by atoms with Crippen molar-refractivity contribution in [3.63, 3.8) is 0 Å². The summed E-state index contributed by atoms with van der Waals surface area (Å²) in [5.41, 5.74) is 0.811. The topological polar surface area (TPSA) is 64.4 Å². The first-order valence-corrected chi connectivity index (χ1v) is 7.75. The zero-order valence-corrected chi connectivity index (χ0v) is 13.2. The zero-order chi connectivity index (χ0) is 15.7. The van der Waals surface area contributed by atoms with Crippen molar-refractivity contribution in [2.45, 2.75) is 58.9 Å². The maximum Gasteiger partial charge on any atom is 0.275 e. The van der Waals surface area contributed by atoms with E-state index in [0.29, 0.717) is 12.4 Å². The van der Waals surface area contributed by atoms with Gasteiger partial charge in [0.2, 0.25) is 0 Å². The fourth-order valence-corrected chi connectivity index (χ4v) is 2.13. The lowest BCUT2D eigenvalue weighted by atomic mass is 10.1. The molecule has 0 aromatic heterocycles. The number of nitrogens with zero attached hydrogens (tertiary/aromatic N) is 1. The van der Waals surface area contributed by atoms with E-state index in [4.69, 9.17) is 4.74 Å². The number of benzene rings is 1. The Balaban J connectivity index is 2.74. The van der Waals surface area contributed by atoms with Crippen molar-refractivity contribution in [1.82, 2.24) is 0 Å². The maximum atomic E-state index is 11.0. The summed E-state index contributed by atoms with van der Waals surface area (Å²) in [6.07, 6.45) is 5.50. The van der Waals surface area contributed by atoms with Gasteiger partial charge in [0.1, 0.15) is 5.75 Å². The number of ether oxygens (including phenoxy) is 1. The summed E-state index contributed by atoms with van der Waals surface area (Å²) >= 11 is 0. The Morgan fingerprint density at radius 3 is 2.62 bits per heavy atom. The van der Waals surface area contributed by atoms with Gasteiger partial charge in [-0.2, -0.15) is 0 Å². The largest absolute Gasteiger partial charge is 0.493 e. The third kappa shape index (κ3) is 6.47. The molecule has 1 aromatic rings. The molecule has 0 fully saturated rings. The van der Waals surface area contributed by atoms with Gasteiger partial charge in [0, 0.05) is 23.9 Å². The van der Waals surface area contributed by atoms with E-state index in [1.165, 1.54) is 25.3 Å². The monoisotopic (exact) mass is 294 g/mol. The Morgan fingerprint density at radius 1 is 1.24 bits per heavy atom. The molecular weight excluding hydrogens is 268 g/mol. The Morgan fingerprint density at radius 2 is 2.00 bits per heavy atom. The Kier molecular flexibility index (Phi) is 7.58. The van der Waals surface area contributed by atoms with Crippen LogP contribution in [0, 0.1) is 10.1 Å². The lowest BCUT2D eigenvalue weighted by Gasteiger charge is -2.16. The molecule has 5 heteroatoms. The summed E-state index contributed by atoms with van der Waals surface area (Å²) in [7, 11) is 0. The molecule has 5 nitrogen and oxygen atoms in total. The summed E-state index contributed by atoms with van der Waals surface area (Å²) in [4.78, 5) is 10.6. The van der Waals surface area contributed by atoms with Gasteiger partial charge in [0.15, 0.2) is 0 Å². The quantitative estimate of drug-likeness (QED) is 0.384. The lowest BCUT2D eigenvalue weighted by molar-refractivity contribution is -0.384. The third-order valence-electron chi connectivity index (χ3n) is 3.23. The normalized spacial score (nSPS) is 12.0. The van der Waals surface area contributed by atoms with Crippen LogP contribution in [-0.2, 0) is 0 Å². The molecule has 1 atom stereocenters. The first-order valence-electron chi connectivity index (χ1n) is 7.75. The van der Waals surface area contributed by atoms with Gasteiger partial charge in [-0.15, -0.1) is 0 Å². The van der Waals surface area contributed by atoms with Crippen LogP contribution in [0.5, 0.6) is 5.75 Å². The van der Waals surface area contributed by atoms with Crippen LogP contribution >= 0.6 is 0 Å². The predicted octanol–water partition coefficient (Wildman–Crippen LogP) is 4.76. The van der Waals surface area contributed by atoms with Crippen molar-refractivity contribution in [2.75, 3.05) is 11.9 Å². The standard InChI is InChI=1S/C16H26N2O3/c1-4-6-7-8-13(3)17-14-10-15(18(19)20)12-16(11-14)21-9-5-2/h10-13,17H,4-9H2,1-3H3. The van der Waals surface area contributed by atoms with Gasteiger partial charge in [-0.25, -0.2) is 0 Å². The molecule has 0 aliphatic heterocycles. The second kappa shape index (κ2) is 9.21. The summed E-state index contributed by atoms with van der Waals surface area (Å²) in [6, 6.07) is 5.16. The average Bonchev–Trinajstić information content (AvgIpc) is 2.45. The molecule has 0 saturated carbocycles. The molecule has 0 aliphatic carbocycles. The van der Waals surface area contributed by atoms with Crippen LogP contribution in [0.3, 0.4) is 0 Å². The maximum absolute atomic E-state index is 11.0. The number of nitro groups is 1. The molecular formula is C16H26N2O3. The second-order valence-electron chi connectivity index (χ2n) is 5.36. The number of hydrogen-bond acceptors (Lipinski definition) is 4. The Hall–Kier alpha value is -1.78. The van der Waals surface area contributed by atoms with Crippen molar-refractivity contribution in [3.8, 4) is 5.75 Å². The van der Waals surface area contributed by atoms with Crippen molar-refractivity contribution < 1.29 is 9.66 Å². The SMILES string of the molecule is CCCCCC(C)Nc1cc(OCCC)cc([N+](=O)[O-])c1. The van der Waals surface area contributed by atoms with Crippen LogP contribution in [0.1, 0.15) is 52.9 Å². The number of non-ortho nitro benzene ring substituents is 1. The number of unbranched alkanes of at least 4 members (excludes halogenated alkanes) is 2. The summed E-state index contributed by atoms with van der Waals surface area (Å²) in [5, 5.41) is 14.3. The van der Waals surface area contributed by atoms with Crippen LogP contribution in [0.4, 0.5) is 11.4 Å². The van der Waals surface area contributed by atoms with Crippen LogP contribution in [-0.4, -0.2) is 17.6 Å². The third-order valence-corrected chi connectivity index (χ3v) is 3.23. The highest BCUT2D eigenvalue weighted by Gasteiger charge is 2.12. The number of nitrogens with one attached hydrogen (secondary N) is 1. The van der Waals surface area contributed by atoms with Crippen LogP contribution in [0.25, 0.3) is 0 Å². The highest BCUT2D eigenvalue weighted by molar-refractivity contribution is 5.56. The van der Waals surface area contributed by atoms with E-state index in [-0.39, 0.29) is 16.7 Å². The lowest BCUT2D eigenvalue weighted by Crippen LogP contribution is -2.15. The highest BCUT2D eigenvalue weighted by atomic mass is 16.6. The second-order valence-corrected chi connectivity index (χ2v) is 5.36. The number of hydrogen-bond donors (Lipinski definition) is 1. The fourth-order valence-electron chi connectivity index (χ4n) is 2.13. The van der Waals surface area contributed by atoms with E-state index >= 15 is 0 Å². The summed E-state index contributed by atoms with van der Waals surface area (Å²) in [6.45, 7) is 6.84. The van der Waals surface area contributed by atoms with E-state index in [1.807, 2.05) is 13.0 Å². The van der Waals surface area contributed by atoms with E-state index < -0.39 is 0 Å². The predicted molar refractivity (Wildman–Crippen MR) is 86.1 cm³/mol. The van der Waals surface area contributed by atoms with Crippen molar-refractivity contribution in [3.05, 3.63) is 28.3 Å². The van der Waals surface area contributed by atoms with Gasteiger partial charge >= 0.3 is 0 Å². The molecule has 1 N–H and O–H groups in total. The van der Waals surface area contributed by atoms with Crippen LogP contribution in [0.15, 0.2) is 18.2 Å². The molecule has 21 heavy (non-hydrogen) atoms. The molecule has 1 unspecified atom stereocenters. The van der Waals surface area contributed by atoms with E-state index in [1.54, 1.807) is 6.07 Å². The minimum absolute atomic E-state index is 0.0619. The molecule has 0 aliphatic rings. The van der Waals surface area contributed by atoms with Crippen molar-refractivity contribution >= 4 is 11.4 Å². The summed E-state index contributed by atoms with van der Waals surface area (Å²) < 4.78 is 5.52. The molecule has 0 saturated heterocycles. The van der Waals surface area contributed by atoms with Gasteiger partial charge in [0.25, 0.3) is 5.69 Å². The van der Waals surface area contributed by atoms with Crippen LogP contribution in [0.2, 0.25) is 0 Å².